The lowest BCUT2D eigenvalue weighted by atomic mass is 10.2. The third-order valence-corrected chi connectivity index (χ3v) is 6.41. The average Bonchev–Trinajstić information content (AvgIpc) is 2.68. The summed E-state index contributed by atoms with van der Waals surface area (Å²) in [7, 11) is -2.07. The van der Waals surface area contributed by atoms with E-state index >= 15 is 0 Å². The van der Waals surface area contributed by atoms with Gasteiger partial charge in [0.05, 0.1) is 25.2 Å². The van der Waals surface area contributed by atoms with Gasteiger partial charge in [-0.25, -0.2) is 8.42 Å². The van der Waals surface area contributed by atoms with Gasteiger partial charge in [0.15, 0.2) is 0 Å². The van der Waals surface area contributed by atoms with E-state index < -0.39 is 10.0 Å². The number of methoxy groups -OCH3 is 1. The molecule has 0 amide bonds. The standard InChI is InChI=1S/C18H19BrN2O4S/c1-24-18-12-16(26(22,23)21-8-10-25-11-9-21)6-7-17(18)20-13-14-2-4-15(19)5-3-14/h2-7,12-13H,8-11H2,1H3. The Bertz CT molecular complexity index is 892. The number of benzene rings is 2. The molecule has 1 saturated heterocycles. The molecule has 0 aromatic heterocycles. The molecule has 0 bridgehead atoms. The summed E-state index contributed by atoms with van der Waals surface area (Å²) in [5.74, 6) is 0.410. The SMILES string of the molecule is COc1cc(S(=O)(=O)N2CCOCC2)ccc1N=Cc1ccc(Br)cc1. The lowest BCUT2D eigenvalue weighted by molar-refractivity contribution is 0.0730. The molecule has 0 unspecified atom stereocenters. The van der Waals surface area contributed by atoms with Gasteiger partial charge in [0, 0.05) is 29.8 Å². The van der Waals surface area contributed by atoms with Gasteiger partial charge in [0.25, 0.3) is 0 Å². The number of morpholine rings is 1. The van der Waals surface area contributed by atoms with E-state index in [4.69, 9.17) is 9.47 Å². The molecule has 3 rings (SSSR count). The Hall–Kier alpha value is -1.74. The maximum atomic E-state index is 12.7. The van der Waals surface area contributed by atoms with E-state index in [-0.39, 0.29) is 4.90 Å². The zero-order chi connectivity index (χ0) is 18.6. The highest BCUT2D eigenvalue weighted by Gasteiger charge is 2.27. The van der Waals surface area contributed by atoms with Crippen LogP contribution in [-0.2, 0) is 14.8 Å². The summed E-state index contributed by atoms with van der Waals surface area (Å²) in [4.78, 5) is 4.61. The van der Waals surface area contributed by atoms with Crippen molar-refractivity contribution in [3.05, 3.63) is 52.5 Å². The Labute approximate surface area is 161 Å². The largest absolute Gasteiger partial charge is 0.494 e. The molecule has 1 aliphatic heterocycles. The molecule has 0 aliphatic carbocycles. The van der Waals surface area contributed by atoms with Crippen molar-refractivity contribution in [1.82, 2.24) is 4.31 Å². The fourth-order valence-electron chi connectivity index (χ4n) is 2.55. The van der Waals surface area contributed by atoms with Gasteiger partial charge in [0.2, 0.25) is 10.0 Å². The zero-order valence-corrected chi connectivity index (χ0v) is 16.7. The maximum absolute atomic E-state index is 12.7. The Kier molecular flexibility index (Phi) is 6.08. The summed E-state index contributed by atoms with van der Waals surface area (Å²) >= 11 is 3.39. The van der Waals surface area contributed by atoms with Crippen molar-refractivity contribution in [3.8, 4) is 5.75 Å². The number of halogens is 1. The predicted octanol–water partition coefficient (Wildman–Crippen LogP) is 3.23. The first-order valence-corrected chi connectivity index (χ1v) is 10.3. The van der Waals surface area contributed by atoms with Crippen molar-refractivity contribution in [3.63, 3.8) is 0 Å². The molecule has 0 N–H and O–H groups in total. The van der Waals surface area contributed by atoms with Gasteiger partial charge in [-0.3, -0.25) is 4.99 Å². The molecule has 0 saturated carbocycles. The molecule has 0 atom stereocenters. The van der Waals surface area contributed by atoms with Gasteiger partial charge in [-0.05, 0) is 29.8 Å². The van der Waals surface area contributed by atoms with Crippen LogP contribution in [0.2, 0.25) is 0 Å². The van der Waals surface area contributed by atoms with Crippen LogP contribution in [0.4, 0.5) is 5.69 Å². The van der Waals surface area contributed by atoms with E-state index in [2.05, 4.69) is 20.9 Å². The number of ether oxygens (including phenoxy) is 2. The highest BCUT2D eigenvalue weighted by molar-refractivity contribution is 9.10. The van der Waals surface area contributed by atoms with Gasteiger partial charge in [-0.2, -0.15) is 4.31 Å². The van der Waals surface area contributed by atoms with E-state index in [1.807, 2.05) is 24.3 Å². The highest BCUT2D eigenvalue weighted by atomic mass is 79.9. The number of aliphatic imine (C=N–C) groups is 1. The number of hydrogen-bond donors (Lipinski definition) is 0. The number of rotatable bonds is 5. The third-order valence-electron chi connectivity index (χ3n) is 3.98. The van der Waals surface area contributed by atoms with Gasteiger partial charge in [-0.15, -0.1) is 0 Å². The van der Waals surface area contributed by atoms with Crippen LogP contribution in [0, 0.1) is 0 Å². The topological polar surface area (TPSA) is 68.2 Å². The van der Waals surface area contributed by atoms with Crippen molar-refractivity contribution in [2.24, 2.45) is 4.99 Å². The molecule has 1 heterocycles. The van der Waals surface area contributed by atoms with E-state index in [1.54, 1.807) is 18.3 Å². The minimum atomic E-state index is -3.57. The summed E-state index contributed by atoms with van der Waals surface area (Å²) in [6, 6.07) is 12.4. The molecule has 2 aromatic rings. The van der Waals surface area contributed by atoms with Gasteiger partial charge in [0.1, 0.15) is 11.4 Å². The molecule has 1 fully saturated rings. The van der Waals surface area contributed by atoms with E-state index in [1.165, 1.54) is 17.5 Å². The van der Waals surface area contributed by atoms with Crippen molar-refractivity contribution >= 4 is 37.9 Å². The molecule has 0 radical (unpaired) electrons. The first-order chi connectivity index (χ1) is 12.5. The monoisotopic (exact) mass is 438 g/mol. The van der Waals surface area contributed by atoms with Crippen LogP contribution in [-0.4, -0.2) is 52.4 Å². The second kappa shape index (κ2) is 8.30. The first kappa shape index (κ1) is 19.0. The molecular weight excluding hydrogens is 420 g/mol. The van der Waals surface area contributed by atoms with Crippen LogP contribution in [0.25, 0.3) is 0 Å². The van der Waals surface area contributed by atoms with Gasteiger partial charge >= 0.3 is 0 Å². The predicted molar refractivity (Wildman–Crippen MR) is 104 cm³/mol. The minimum absolute atomic E-state index is 0.193. The summed E-state index contributed by atoms with van der Waals surface area (Å²) in [6.07, 6.45) is 1.71. The van der Waals surface area contributed by atoms with Gasteiger partial charge < -0.3 is 9.47 Å². The fourth-order valence-corrected chi connectivity index (χ4v) is 4.24. The van der Waals surface area contributed by atoms with Crippen LogP contribution in [0.5, 0.6) is 5.75 Å². The molecule has 6 nitrogen and oxygen atoms in total. The van der Waals surface area contributed by atoms with Crippen LogP contribution in [0.15, 0.2) is 56.8 Å². The molecular formula is C18H19BrN2O4S. The minimum Gasteiger partial charge on any atom is -0.494 e. The van der Waals surface area contributed by atoms with Crippen molar-refractivity contribution in [2.75, 3.05) is 33.4 Å². The van der Waals surface area contributed by atoms with Crippen molar-refractivity contribution in [2.45, 2.75) is 4.90 Å². The van der Waals surface area contributed by atoms with E-state index in [9.17, 15) is 8.42 Å². The van der Waals surface area contributed by atoms with Crippen molar-refractivity contribution < 1.29 is 17.9 Å². The lowest BCUT2D eigenvalue weighted by Crippen LogP contribution is -2.40. The Morgan fingerprint density at radius 2 is 1.85 bits per heavy atom. The second-order valence-electron chi connectivity index (χ2n) is 5.66. The molecule has 26 heavy (non-hydrogen) atoms. The normalized spacial score (nSPS) is 16.1. The number of nitrogens with zero attached hydrogens (tertiary/aromatic N) is 2. The summed E-state index contributed by atoms with van der Waals surface area (Å²) in [5.41, 5.74) is 1.50. The number of sulfonamides is 1. The van der Waals surface area contributed by atoms with Crippen LogP contribution >= 0.6 is 15.9 Å². The lowest BCUT2D eigenvalue weighted by Gasteiger charge is -2.26. The summed E-state index contributed by atoms with van der Waals surface area (Å²) < 4.78 is 38.5. The van der Waals surface area contributed by atoms with Crippen molar-refractivity contribution in [1.29, 1.82) is 0 Å². The molecule has 0 spiro atoms. The third kappa shape index (κ3) is 4.32. The Morgan fingerprint density at radius 3 is 2.50 bits per heavy atom. The molecule has 2 aromatic carbocycles. The highest BCUT2D eigenvalue weighted by Crippen LogP contribution is 2.31. The van der Waals surface area contributed by atoms with E-state index in [0.29, 0.717) is 37.7 Å². The Balaban J connectivity index is 1.86. The maximum Gasteiger partial charge on any atom is 0.243 e. The summed E-state index contributed by atoms with van der Waals surface area (Å²) in [6.45, 7) is 1.53. The molecule has 138 valence electrons. The zero-order valence-electron chi connectivity index (χ0n) is 14.3. The second-order valence-corrected chi connectivity index (χ2v) is 8.51. The summed E-state index contributed by atoms with van der Waals surface area (Å²) in [5, 5.41) is 0. The molecule has 8 heteroatoms. The fraction of sp³-hybridized carbons (Fsp3) is 0.278. The quantitative estimate of drug-likeness (QED) is 0.671. The Morgan fingerprint density at radius 1 is 1.15 bits per heavy atom. The van der Waals surface area contributed by atoms with Crippen LogP contribution in [0.1, 0.15) is 5.56 Å². The average molecular weight is 439 g/mol. The van der Waals surface area contributed by atoms with E-state index in [0.717, 1.165) is 10.0 Å². The van der Waals surface area contributed by atoms with Crippen LogP contribution < -0.4 is 4.74 Å². The first-order valence-electron chi connectivity index (χ1n) is 8.06. The smallest absolute Gasteiger partial charge is 0.243 e. The van der Waals surface area contributed by atoms with Crippen LogP contribution in [0.3, 0.4) is 0 Å². The number of hydrogen-bond acceptors (Lipinski definition) is 5. The molecule has 1 aliphatic rings. The van der Waals surface area contributed by atoms with Gasteiger partial charge in [-0.1, -0.05) is 28.1 Å².